The van der Waals surface area contributed by atoms with Crippen molar-refractivity contribution in [2.24, 2.45) is 5.10 Å². The zero-order chi connectivity index (χ0) is 16.5. The molecule has 118 valence electrons. The predicted molar refractivity (Wildman–Crippen MR) is 90.0 cm³/mol. The van der Waals surface area contributed by atoms with Crippen LogP contribution in [-0.2, 0) is 4.79 Å². The molecule has 0 saturated heterocycles. The third-order valence-electron chi connectivity index (χ3n) is 3.09. The number of aliphatic hydroxyl groups excluding tert-OH is 1. The number of nitrogens with zero attached hydrogens (tertiary/aromatic N) is 1. The summed E-state index contributed by atoms with van der Waals surface area (Å²) in [6.07, 6.45) is 3.45. The number of phenolic OH excluding ortho intramolecular Hbond substituents is 1. The van der Waals surface area contributed by atoms with Gasteiger partial charge in [-0.2, -0.15) is 5.10 Å². The summed E-state index contributed by atoms with van der Waals surface area (Å²) in [4.78, 5) is 12.1. The summed E-state index contributed by atoms with van der Waals surface area (Å²) in [6, 6.07) is 15.8. The molecule has 0 radical (unpaired) electrons. The number of nitrogens with one attached hydrogen (secondary N) is 1. The van der Waals surface area contributed by atoms with Crippen LogP contribution in [0.25, 0.3) is 6.08 Å². The third kappa shape index (κ3) is 5.41. The van der Waals surface area contributed by atoms with Gasteiger partial charge in [-0.1, -0.05) is 30.3 Å². The predicted octanol–water partition coefficient (Wildman–Crippen LogP) is 2.31. The summed E-state index contributed by atoms with van der Waals surface area (Å²) in [7, 11) is 0. The number of hydrogen-bond donors (Lipinski definition) is 3. The molecule has 5 heteroatoms. The molecule has 0 aliphatic rings. The second kappa shape index (κ2) is 8.51. The maximum Gasteiger partial charge on any atom is 0.267 e. The van der Waals surface area contributed by atoms with Crippen molar-refractivity contribution < 1.29 is 15.0 Å². The van der Waals surface area contributed by atoms with E-state index in [0.717, 1.165) is 11.1 Å². The van der Waals surface area contributed by atoms with Gasteiger partial charge < -0.3 is 10.2 Å². The van der Waals surface area contributed by atoms with E-state index in [0.29, 0.717) is 5.57 Å². The minimum Gasteiger partial charge on any atom is -0.508 e. The monoisotopic (exact) mass is 310 g/mol. The van der Waals surface area contributed by atoms with E-state index < -0.39 is 0 Å². The first-order valence-corrected chi connectivity index (χ1v) is 7.18. The molecule has 2 rings (SSSR count). The van der Waals surface area contributed by atoms with Crippen molar-refractivity contribution in [1.29, 1.82) is 0 Å². The minimum absolute atomic E-state index is 0.117. The average molecular weight is 310 g/mol. The Morgan fingerprint density at radius 2 is 1.74 bits per heavy atom. The molecule has 0 heterocycles. The van der Waals surface area contributed by atoms with E-state index in [4.69, 9.17) is 5.11 Å². The van der Waals surface area contributed by atoms with Gasteiger partial charge in [0.15, 0.2) is 0 Å². The Hall–Kier alpha value is -2.92. The zero-order valence-electron chi connectivity index (χ0n) is 12.5. The van der Waals surface area contributed by atoms with Crippen LogP contribution in [0.4, 0.5) is 0 Å². The smallest absolute Gasteiger partial charge is 0.267 e. The van der Waals surface area contributed by atoms with Gasteiger partial charge in [-0.05, 0) is 41.5 Å². The maximum absolute atomic E-state index is 12.1. The fourth-order valence-corrected chi connectivity index (χ4v) is 1.92. The molecule has 0 aliphatic carbocycles. The standard InChI is InChI=1S/C18H18N2O3/c21-11-10-16(12-14-4-2-1-3-5-14)18(23)20-19-13-15-6-8-17(22)9-7-15/h1-9,12-13,21-22H,10-11H2,(H,20,23)/b16-12-,19-13+. The molecule has 1 amide bonds. The van der Waals surface area contributed by atoms with Crippen LogP contribution in [-0.4, -0.2) is 28.9 Å². The molecule has 0 fully saturated rings. The number of amides is 1. The Balaban J connectivity index is 2.03. The fourth-order valence-electron chi connectivity index (χ4n) is 1.92. The Morgan fingerprint density at radius 1 is 1.04 bits per heavy atom. The average Bonchev–Trinajstić information content (AvgIpc) is 2.57. The van der Waals surface area contributed by atoms with Crippen LogP contribution in [0, 0.1) is 0 Å². The second-order valence-corrected chi connectivity index (χ2v) is 4.84. The van der Waals surface area contributed by atoms with Gasteiger partial charge in [-0.25, -0.2) is 5.43 Å². The van der Waals surface area contributed by atoms with Crippen molar-refractivity contribution in [3.63, 3.8) is 0 Å². The van der Waals surface area contributed by atoms with Crippen LogP contribution in [0.3, 0.4) is 0 Å². The van der Waals surface area contributed by atoms with E-state index in [1.165, 1.54) is 18.3 Å². The van der Waals surface area contributed by atoms with Crippen LogP contribution in [0.15, 0.2) is 65.3 Å². The first-order chi connectivity index (χ1) is 11.2. The summed E-state index contributed by atoms with van der Waals surface area (Å²) in [5, 5.41) is 22.2. The first-order valence-electron chi connectivity index (χ1n) is 7.18. The van der Waals surface area contributed by atoms with Crippen molar-refractivity contribution in [1.82, 2.24) is 5.43 Å². The number of carbonyl (C=O) groups excluding carboxylic acids is 1. The van der Waals surface area contributed by atoms with E-state index in [-0.39, 0.29) is 24.7 Å². The highest BCUT2D eigenvalue weighted by Crippen LogP contribution is 2.10. The number of hydrogen-bond acceptors (Lipinski definition) is 4. The molecular weight excluding hydrogens is 292 g/mol. The topological polar surface area (TPSA) is 81.9 Å². The lowest BCUT2D eigenvalue weighted by molar-refractivity contribution is -0.117. The number of carbonyl (C=O) groups is 1. The summed E-state index contributed by atoms with van der Waals surface area (Å²) in [6.45, 7) is -0.117. The second-order valence-electron chi connectivity index (χ2n) is 4.84. The van der Waals surface area contributed by atoms with Gasteiger partial charge in [0.2, 0.25) is 0 Å². The molecule has 0 atom stereocenters. The van der Waals surface area contributed by atoms with E-state index in [1.807, 2.05) is 30.3 Å². The van der Waals surface area contributed by atoms with Crippen molar-refractivity contribution in [3.8, 4) is 5.75 Å². The van der Waals surface area contributed by atoms with E-state index in [9.17, 15) is 9.90 Å². The molecule has 23 heavy (non-hydrogen) atoms. The zero-order valence-corrected chi connectivity index (χ0v) is 12.5. The molecule has 0 saturated carbocycles. The quantitative estimate of drug-likeness (QED) is 0.435. The molecule has 0 aromatic heterocycles. The number of aromatic hydroxyl groups is 1. The molecule has 0 unspecified atom stereocenters. The Kier molecular flexibility index (Phi) is 6.08. The van der Waals surface area contributed by atoms with Gasteiger partial charge in [-0.15, -0.1) is 0 Å². The van der Waals surface area contributed by atoms with E-state index in [1.54, 1.807) is 18.2 Å². The highest BCUT2D eigenvalue weighted by atomic mass is 16.3. The lowest BCUT2D eigenvalue weighted by atomic mass is 10.1. The first kappa shape index (κ1) is 16.5. The minimum atomic E-state index is -0.363. The fraction of sp³-hybridized carbons (Fsp3) is 0.111. The SMILES string of the molecule is O=C(N/N=C/c1ccc(O)cc1)/C(=C\c1ccccc1)CCO. The number of phenols is 1. The molecule has 0 spiro atoms. The Morgan fingerprint density at radius 3 is 2.39 bits per heavy atom. The van der Waals surface area contributed by atoms with Gasteiger partial charge in [0.05, 0.1) is 6.21 Å². The normalized spacial score (nSPS) is 11.6. The van der Waals surface area contributed by atoms with E-state index >= 15 is 0 Å². The van der Waals surface area contributed by atoms with Gasteiger partial charge >= 0.3 is 0 Å². The van der Waals surface area contributed by atoms with Gasteiger partial charge in [-0.3, -0.25) is 4.79 Å². The van der Waals surface area contributed by atoms with Crippen LogP contribution in [0.1, 0.15) is 17.5 Å². The lowest BCUT2D eigenvalue weighted by Gasteiger charge is -2.04. The summed E-state index contributed by atoms with van der Waals surface area (Å²) in [5.41, 5.74) is 4.52. The van der Waals surface area contributed by atoms with Crippen molar-refractivity contribution >= 4 is 18.2 Å². The number of benzene rings is 2. The molecule has 0 bridgehead atoms. The summed E-state index contributed by atoms with van der Waals surface area (Å²) in [5.74, 6) is -0.194. The van der Waals surface area contributed by atoms with Crippen molar-refractivity contribution in [2.45, 2.75) is 6.42 Å². The lowest BCUT2D eigenvalue weighted by Crippen LogP contribution is -2.20. The van der Waals surface area contributed by atoms with Crippen LogP contribution >= 0.6 is 0 Å². The maximum atomic E-state index is 12.1. The molecule has 5 nitrogen and oxygen atoms in total. The van der Waals surface area contributed by atoms with Gasteiger partial charge in [0, 0.05) is 18.6 Å². The number of hydrazone groups is 1. The van der Waals surface area contributed by atoms with Crippen LogP contribution in [0.5, 0.6) is 5.75 Å². The molecule has 2 aromatic rings. The van der Waals surface area contributed by atoms with Crippen molar-refractivity contribution in [2.75, 3.05) is 6.61 Å². The largest absolute Gasteiger partial charge is 0.508 e. The van der Waals surface area contributed by atoms with Gasteiger partial charge in [0.25, 0.3) is 5.91 Å². The van der Waals surface area contributed by atoms with Gasteiger partial charge in [0.1, 0.15) is 5.75 Å². The molecule has 2 aromatic carbocycles. The Labute approximate surface area is 134 Å². The number of aliphatic hydroxyl groups is 1. The molecular formula is C18H18N2O3. The third-order valence-corrected chi connectivity index (χ3v) is 3.09. The highest BCUT2D eigenvalue weighted by molar-refractivity contribution is 5.98. The number of rotatable bonds is 6. The molecule has 3 N–H and O–H groups in total. The summed E-state index contributed by atoms with van der Waals surface area (Å²) < 4.78 is 0. The molecule has 0 aliphatic heterocycles. The van der Waals surface area contributed by atoms with Crippen molar-refractivity contribution in [3.05, 3.63) is 71.3 Å². The Bertz CT molecular complexity index is 692. The summed E-state index contributed by atoms with van der Waals surface area (Å²) >= 11 is 0. The highest BCUT2D eigenvalue weighted by Gasteiger charge is 2.08. The van der Waals surface area contributed by atoms with Crippen LogP contribution < -0.4 is 5.43 Å². The van der Waals surface area contributed by atoms with E-state index in [2.05, 4.69) is 10.5 Å². The van der Waals surface area contributed by atoms with Crippen LogP contribution in [0.2, 0.25) is 0 Å².